The van der Waals surface area contributed by atoms with Gasteiger partial charge in [-0.15, -0.1) is 5.10 Å². The molecule has 2 aromatic heterocycles. The van der Waals surface area contributed by atoms with Crippen molar-refractivity contribution in [1.82, 2.24) is 20.2 Å². The van der Waals surface area contributed by atoms with Crippen molar-refractivity contribution >= 4 is 11.6 Å². The largest absolute Gasteiger partial charge is 0.265 e. The van der Waals surface area contributed by atoms with Gasteiger partial charge >= 0.3 is 0 Å². The second kappa shape index (κ2) is 3.45. The molecule has 0 aliphatic carbocycles. The Kier molecular flexibility index (Phi) is 2.14. The summed E-state index contributed by atoms with van der Waals surface area (Å²) in [4.78, 5) is 7.89. The summed E-state index contributed by atoms with van der Waals surface area (Å²) in [7, 11) is 0. The average molecular weight is 193 g/mol. The lowest BCUT2D eigenvalue weighted by Gasteiger charge is -1.96. The third kappa shape index (κ3) is 1.78. The van der Waals surface area contributed by atoms with Gasteiger partial charge in [0.25, 0.3) is 0 Å². The van der Waals surface area contributed by atoms with Gasteiger partial charge in [0.15, 0.2) is 11.0 Å². The van der Waals surface area contributed by atoms with Gasteiger partial charge in [0.2, 0.25) is 0 Å². The summed E-state index contributed by atoms with van der Waals surface area (Å²) in [6, 6.07) is 3.60. The molecule has 13 heavy (non-hydrogen) atoms. The average Bonchev–Trinajstić information content (AvgIpc) is 2.19. The van der Waals surface area contributed by atoms with E-state index in [2.05, 4.69) is 20.2 Å². The fraction of sp³-hybridized carbons (Fsp3) is 0. The van der Waals surface area contributed by atoms with Crippen molar-refractivity contribution in [2.45, 2.75) is 0 Å². The van der Waals surface area contributed by atoms with E-state index in [0.29, 0.717) is 11.0 Å². The molecule has 0 aliphatic rings. The van der Waals surface area contributed by atoms with Crippen LogP contribution in [0.15, 0.2) is 30.7 Å². The lowest BCUT2D eigenvalue weighted by molar-refractivity contribution is 0.979. The third-order valence-electron chi connectivity index (χ3n) is 1.47. The normalized spacial score (nSPS) is 9.92. The Morgan fingerprint density at radius 2 is 1.92 bits per heavy atom. The van der Waals surface area contributed by atoms with Crippen LogP contribution in [0.2, 0.25) is 5.15 Å². The van der Waals surface area contributed by atoms with Crippen molar-refractivity contribution < 1.29 is 0 Å². The van der Waals surface area contributed by atoms with Gasteiger partial charge in [-0.05, 0) is 12.1 Å². The van der Waals surface area contributed by atoms with Gasteiger partial charge in [0.05, 0.1) is 6.20 Å². The smallest absolute Gasteiger partial charge is 0.183 e. The lowest BCUT2D eigenvalue weighted by Crippen LogP contribution is -1.91. The SMILES string of the molecule is Clc1cnnc(-c2ccncc2)n1. The van der Waals surface area contributed by atoms with Crippen molar-refractivity contribution in [2.75, 3.05) is 0 Å². The van der Waals surface area contributed by atoms with Crippen molar-refractivity contribution in [3.8, 4) is 11.4 Å². The Morgan fingerprint density at radius 3 is 2.62 bits per heavy atom. The minimum Gasteiger partial charge on any atom is -0.265 e. The zero-order valence-corrected chi connectivity index (χ0v) is 7.31. The molecule has 5 heteroatoms. The molecule has 0 amide bonds. The molecule has 2 aromatic rings. The first-order chi connectivity index (χ1) is 6.36. The van der Waals surface area contributed by atoms with E-state index in [1.807, 2.05) is 0 Å². The summed E-state index contributed by atoms with van der Waals surface area (Å²) in [6.45, 7) is 0. The summed E-state index contributed by atoms with van der Waals surface area (Å²) in [5.74, 6) is 0.509. The van der Waals surface area contributed by atoms with Gasteiger partial charge in [-0.3, -0.25) is 4.98 Å². The van der Waals surface area contributed by atoms with E-state index in [9.17, 15) is 0 Å². The van der Waals surface area contributed by atoms with Gasteiger partial charge in [-0.1, -0.05) is 11.6 Å². The van der Waals surface area contributed by atoms with Crippen LogP contribution in [0.5, 0.6) is 0 Å². The number of halogens is 1. The number of rotatable bonds is 1. The first kappa shape index (κ1) is 8.07. The Bertz CT molecular complexity index is 404. The van der Waals surface area contributed by atoms with Crippen molar-refractivity contribution in [1.29, 1.82) is 0 Å². The van der Waals surface area contributed by atoms with Crippen molar-refractivity contribution in [3.05, 3.63) is 35.9 Å². The van der Waals surface area contributed by atoms with Crippen molar-refractivity contribution in [2.24, 2.45) is 0 Å². The molecule has 0 saturated heterocycles. The molecule has 2 heterocycles. The highest BCUT2D eigenvalue weighted by Crippen LogP contribution is 2.13. The summed E-state index contributed by atoms with van der Waals surface area (Å²) in [6.07, 6.45) is 4.73. The minimum absolute atomic E-state index is 0.335. The number of aromatic nitrogens is 4. The maximum Gasteiger partial charge on any atom is 0.183 e. The molecule has 4 nitrogen and oxygen atoms in total. The summed E-state index contributed by atoms with van der Waals surface area (Å²) in [5, 5.41) is 7.87. The molecule has 0 atom stereocenters. The third-order valence-corrected chi connectivity index (χ3v) is 1.65. The monoisotopic (exact) mass is 192 g/mol. The molecule has 0 aliphatic heterocycles. The van der Waals surface area contributed by atoms with Crippen LogP contribution in [0.4, 0.5) is 0 Å². The Hall–Kier alpha value is -1.55. The molecular formula is C8H5ClN4. The van der Waals surface area contributed by atoms with Crippen LogP contribution in [-0.4, -0.2) is 20.2 Å². The Balaban J connectivity index is 2.48. The quantitative estimate of drug-likeness (QED) is 0.689. The van der Waals surface area contributed by atoms with Gasteiger partial charge < -0.3 is 0 Å². The van der Waals surface area contributed by atoms with E-state index in [4.69, 9.17) is 11.6 Å². The van der Waals surface area contributed by atoms with Crippen LogP contribution >= 0.6 is 11.6 Å². The highest BCUT2D eigenvalue weighted by atomic mass is 35.5. The first-order valence-electron chi connectivity index (χ1n) is 3.62. The van der Waals surface area contributed by atoms with E-state index in [-0.39, 0.29) is 0 Å². The van der Waals surface area contributed by atoms with E-state index < -0.39 is 0 Å². The minimum atomic E-state index is 0.335. The molecular weight excluding hydrogens is 188 g/mol. The Labute approximate surface area is 79.6 Å². The molecule has 0 radical (unpaired) electrons. The summed E-state index contributed by atoms with van der Waals surface area (Å²) < 4.78 is 0. The molecule has 0 bridgehead atoms. The van der Waals surface area contributed by atoms with E-state index in [1.54, 1.807) is 24.5 Å². The molecule has 0 spiro atoms. The highest BCUT2D eigenvalue weighted by Gasteiger charge is 2.00. The maximum atomic E-state index is 5.67. The zero-order valence-electron chi connectivity index (χ0n) is 6.55. The van der Waals surface area contributed by atoms with Gasteiger partial charge in [0.1, 0.15) is 0 Å². The number of hydrogen-bond donors (Lipinski definition) is 0. The molecule has 0 aromatic carbocycles. The molecule has 0 N–H and O–H groups in total. The van der Waals surface area contributed by atoms with Gasteiger partial charge in [0, 0.05) is 18.0 Å². The second-order valence-corrected chi connectivity index (χ2v) is 2.73. The van der Waals surface area contributed by atoms with Gasteiger partial charge in [-0.2, -0.15) is 5.10 Å². The predicted octanol–water partition coefficient (Wildman–Crippen LogP) is 1.59. The summed E-state index contributed by atoms with van der Waals surface area (Å²) in [5.41, 5.74) is 0.852. The topological polar surface area (TPSA) is 51.6 Å². The number of pyridine rings is 1. The zero-order chi connectivity index (χ0) is 9.10. The maximum absolute atomic E-state index is 5.67. The fourth-order valence-electron chi connectivity index (χ4n) is 0.907. The van der Waals surface area contributed by atoms with E-state index in [1.165, 1.54) is 6.20 Å². The molecule has 2 rings (SSSR count). The van der Waals surface area contributed by atoms with Crippen LogP contribution in [0, 0.1) is 0 Å². The second-order valence-electron chi connectivity index (χ2n) is 2.34. The lowest BCUT2D eigenvalue weighted by atomic mass is 10.2. The highest BCUT2D eigenvalue weighted by molar-refractivity contribution is 6.29. The van der Waals surface area contributed by atoms with Gasteiger partial charge in [-0.25, -0.2) is 4.98 Å². The standard InChI is InChI=1S/C8H5ClN4/c9-7-5-11-13-8(12-7)6-1-3-10-4-2-6/h1-5H. The molecule has 64 valence electrons. The van der Waals surface area contributed by atoms with Crippen LogP contribution in [0.1, 0.15) is 0 Å². The van der Waals surface area contributed by atoms with Crippen molar-refractivity contribution in [3.63, 3.8) is 0 Å². The number of hydrogen-bond acceptors (Lipinski definition) is 4. The van der Waals surface area contributed by atoms with Crippen LogP contribution in [0.3, 0.4) is 0 Å². The molecule has 0 fully saturated rings. The van der Waals surface area contributed by atoms with Crippen LogP contribution in [0.25, 0.3) is 11.4 Å². The fourth-order valence-corrected chi connectivity index (χ4v) is 1.03. The first-order valence-corrected chi connectivity index (χ1v) is 4.00. The van der Waals surface area contributed by atoms with Crippen LogP contribution in [-0.2, 0) is 0 Å². The Morgan fingerprint density at radius 1 is 1.15 bits per heavy atom. The molecule has 0 unspecified atom stereocenters. The predicted molar refractivity (Wildman–Crippen MR) is 48.1 cm³/mol. The summed E-state index contributed by atoms with van der Waals surface area (Å²) >= 11 is 5.67. The van der Waals surface area contributed by atoms with E-state index in [0.717, 1.165) is 5.56 Å². The van der Waals surface area contributed by atoms with Crippen LogP contribution < -0.4 is 0 Å². The number of nitrogens with zero attached hydrogens (tertiary/aromatic N) is 4. The molecule has 0 saturated carbocycles. The van der Waals surface area contributed by atoms with E-state index >= 15 is 0 Å².